The van der Waals surface area contributed by atoms with Crippen molar-refractivity contribution < 1.29 is 0 Å². The highest BCUT2D eigenvalue weighted by atomic mass is 15.1. The first-order chi connectivity index (χ1) is 7.36. The first-order valence-electron chi connectivity index (χ1n) is 6.75. The van der Waals surface area contributed by atoms with E-state index in [4.69, 9.17) is 0 Å². The van der Waals surface area contributed by atoms with Crippen LogP contribution in [0.25, 0.3) is 0 Å². The molecule has 90 valence electrons. The van der Waals surface area contributed by atoms with Gasteiger partial charge in [0.2, 0.25) is 0 Å². The Morgan fingerprint density at radius 3 is 1.87 bits per heavy atom. The summed E-state index contributed by atoms with van der Waals surface area (Å²) in [7, 11) is 2.25. The van der Waals surface area contributed by atoms with Gasteiger partial charge in [0, 0.05) is 0 Å². The quantitative estimate of drug-likeness (QED) is 0.718. The predicted molar refractivity (Wildman–Crippen MR) is 67.2 cm³/mol. The summed E-state index contributed by atoms with van der Waals surface area (Å²) in [6, 6.07) is 0. The number of nitrogens with zero attached hydrogens (tertiary/aromatic N) is 1. The van der Waals surface area contributed by atoms with Crippen LogP contribution in [-0.2, 0) is 0 Å². The van der Waals surface area contributed by atoms with Crippen molar-refractivity contribution in [1.29, 1.82) is 0 Å². The minimum Gasteiger partial charge on any atom is -0.317 e. The molecule has 0 amide bonds. The zero-order chi connectivity index (χ0) is 11.1. The SMILES string of the molecule is CC.CN1CCC(C2CCNCC2)CC1. The predicted octanol–water partition coefficient (Wildman–Crippen LogP) is 2.35. The van der Waals surface area contributed by atoms with Crippen LogP contribution in [0.15, 0.2) is 0 Å². The molecule has 2 heterocycles. The summed E-state index contributed by atoms with van der Waals surface area (Å²) < 4.78 is 0. The lowest BCUT2D eigenvalue weighted by atomic mass is 9.79. The maximum absolute atomic E-state index is 3.45. The lowest BCUT2D eigenvalue weighted by Crippen LogP contribution is -2.37. The van der Waals surface area contributed by atoms with Gasteiger partial charge in [-0.05, 0) is 70.7 Å². The molecule has 1 N–H and O–H groups in total. The Morgan fingerprint density at radius 2 is 1.33 bits per heavy atom. The van der Waals surface area contributed by atoms with E-state index in [9.17, 15) is 0 Å². The van der Waals surface area contributed by atoms with Crippen molar-refractivity contribution in [2.24, 2.45) is 11.8 Å². The number of hydrogen-bond acceptors (Lipinski definition) is 2. The zero-order valence-electron chi connectivity index (χ0n) is 10.8. The molecular weight excluding hydrogens is 184 g/mol. The molecule has 0 atom stereocenters. The third-order valence-electron chi connectivity index (χ3n) is 3.81. The van der Waals surface area contributed by atoms with E-state index >= 15 is 0 Å². The molecule has 2 saturated heterocycles. The zero-order valence-corrected chi connectivity index (χ0v) is 10.8. The molecule has 0 radical (unpaired) electrons. The van der Waals surface area contributed by atoms with E-state index in [1.165, 1.54) is 51.9 Å². The van der Waals surface area contributed by atoms with Gasteiger partial charge in [-0.2, -0.15) is 0 Å². The summed E-state index contributed by atoms with van der Waals surface area (Å²) in [5.74, 6) is 2.08. The molecule has 0 aromatic carbocycles. The topological polar surface area (TPSA) is 15.3 Å². The van der Waals surface area contributed by atoms with Gasteiger partial charge in [-0.1, -0.05) is 13.8 Å². The highest BCUT2D eigenvalue weighted by Gasteiger charge is 2.26. The van der Waals surface area contributed by atoms with Gasteiger partial charge in [0.1, 0.15) is 0 Å². The highest BCUT2D eigenvalue weighted by Crippen LogP contribution is 2.30. The monoisotopic (exact) mass is 212 g/mol. The van der Waals surface area contributed by atoms with E-state index in [-0.39, 0.29) is 0 Å². The second-order valence-electron chi connectivity index (χ2n) is 4.73. The third-order valence-corrected chi connectivity index (χ3v) is 3.81. The first-order valence-corrected chi connectivity index (χ1v) is 6.75. The number of hydrogen-bond donors (Lipinski definition) is 1. The van der Waals surface area contributed by atoms with Crippen molar-refractivity contribution in [3.05, 3.63) is 0 Å². The number of likely N-dealkylation sites (tertiary alicyclic amines) is 1. The van der Waals surface area contributed by atoms with Crippen LogP contribution in [0.4, 0.5) is 0 Å². The van der Waals surface area contributed by atoms with Crippen LogP contribution in [0.3, 0.4) is 0 Å². The molecule has 0 spiro atoms. The van der Waals surface area contributed by atoms with Gasteiger partial charge in [-0.15, -0.1) is 0 Å². The van der Waals surface area contributed by atoms with Gasteiger partial charge in [0.15, 0.2) is 0 Å². The van der Waals surface area contributed by atoms with E-state index in [0.717, 1.165) is 11.8 Å². The molecule has 2 aliphatic heterocycles. The molecule has 0 saturated carbocycles. The maximum atomic E-state index is 3.45. The third kappa shape index (κ3) is 4.12. The van der Waals surface area contributed by atoms with Crippen LogP contribution < -0.4 is 5.32 Å². The van der Waals surface area contributed by atoms with Crippen LogP contribution in [0.5, 0.6) is 0 Å². The molecule has 2 rings (SSSR count). The van der Waals surface area contributed by atoms with Crippen LogP contribution >= 0.6 is 0 Å². The largest absolute Gasteiger partial charge is 0.317 e. The van der Waals surface area contributed by atoms with Crippen LogP contribution in [-0.4, -0.2) is 38.1 Å². The molecule has 0 bridgehead atoms. The van der Waals surface area contributed by atoms with Crippen molar-refractivity contribution in [2.45, 2.75) is 39.5 Å². The van der Waals surface area contributed by atoms with Crippen molar-refractivity contribution >= 4 is 0 Å². The van der Waals surface area contributed by atoms with Gasteiger partial charge in [0.25, 0.3) is 0 Å². The Morgan fingerprint density at radius 1 is 0.867 bits per heavy atom. The summed E-state index contributed by atoms with van der Waals surface area (Å²) >= 11 is 0. The normalized spacial score (nSPS) is 25.8. The molecule has 2 heteroatoms. The van der Waals surface area contributed by atoms with Crippen molar-refractivity contribution in [1.82, 2.24) is 10.2 Å². The van der Waals surface area contributed by atoms with Crippen molar-refractivity contribution in [3.8, 4) is 0 Å². The fourth-order valence-corrected chi connectivity index (χ4v) is 2.82. The molecule has 0 aromatic rings. The van der Waals surface area contributed by atoms with Crippen LogP contribution in [0.1, 0.15) is 39.5 Å². The number of nitrogens with one attached hydrogen (secondary N) is 1. The molecule has 2 aliphatic rings. The summed E-state index contributed by atoms with van der Waals surface area (Å²) in [4.78, 5) is 2.47. The van der Waals surface area contributed by atoms with Gasteiger partial charge in [-0.3, -0.25) is 0 Å². The fourth-order valence-electron chi connectivity index (χ4n) is 2.82. The Bertz CT molecular complexity index is 145. The lowest BCUT2D eigenvalue weighted by molar-refractivity contribution is 0.149. The second-order valence-corrected chi connectivity index (χ2v) is 4.73. The Balaban J connectivity index is 0.000000531. The maximum Gasteiger partial charge on any atom is -0.00190 e. The Labute approximate surface area is 95.4 Å². The number of piperidine rings is 2. The summed E-state index contributed by atoms with van der Waals surface area (Å²) in [6.07, 6.45) is 5.74. The standard InChI is InChI=1S/C11H22N2.C2H6/c1-13-8-4-11(5-9-13)10-2-6-12-7-3-10;1-2/h10-12H,2-9H2,1H3;1-2H3. The van der Waals surface area contributed by atoms with Gasteiger partial charge in [0.05, 0.1) is 0 Å². The Hall–Kier alpha value is -0.0800. The minimum absolute atomic E-state index is 1.04. The van der Waals surface area contributed by atoms with E-state index in [1.807, 2.05) is 13.8 Å². The summed E-state index contributed by atoms with van der Waals surface area (Å²) in [6.45, 7) is 9.18. The molecule has 15 heavy (non-hydrogen) atoms. The highest BCUT2D eigenvalue weighted by molar-refractivity contribution is 4.79. The van der Waals surface area contributed by atoms with Crippen LogP contribution in [0, 0.1) is 11.8 Å². The summed E-state index contributed by atoms with van der Waals surface area (Å²) in [5.41, 5.74) is 0. The van der Waals surface area contributed by atoms with E-state index in [2.05, 4.69) is 17.3 Å². The molecule has 2 nitrogen and oxygen atoms in total. The van der Waals surface area contributed by atoms with Gasteiger partial charge in [-0.25, -0.2) is 0 Å². The molecule has 0 aliphatic carbocycles. The van der Waals surface area contributed by atoms with Crippen molar-refractivity contribution in [3.63, 3.8) is 0 Å². The van der Waals surface area contributed by atoms with Gasteiger partial charge >= 0.3 is 0 Å². The Kier molecular flexibility index (Phi) is 6.26. The van der Waals surface area contributed by atoms with Crippen LogP contribution in [0.2, 0.25) is 0 Å². The number of rotatable bonds is 1. The van der Waals surface area contributed by atoms with E-state index in [1.54, 1.807) is 0 Å². The van der Waals surface area contributed by atoms with Crippen molar-refractivity contribution in [2.75, 3.05) is 33.2 Å². The van der Waals surface area contributed by atoms with Gasteiger partial charge < -0.3 is 10.2 Å². The average molecular weight is 212 g/mol. The lowest BCUT2D eigenvalue weighted by Gasteiger charge is -2.36. The minimum atomic E-state index is 1.04. The first kappa shape index (κ1) is 13.0. The average Bonchev–Trinajstić information content (AvgIpc) is 2.34. The molecule has 0 aromatic heterocycles. The molecular formula is C13H28N2. The summed E-state index contributed by atoms with van der Waals surface area (Å²) in [5, 5.41) is 3.45. The molecule has 0 unspecified atom stereocenters. The fraction of sp³-hybridized carbons (Fsp3) is 1.00. The smallest absolute Gasteiger partial charge is 0.00190 e. The van der Waals surface area contributed by atoms with E-state index < -0.39 is 0 Å². The molecule has 2 fully saturated rings. The second kappa shape index (κ2) is 7.24. The van der Waals surface area contributed by atoms with E-state index in [0.29, 0.717) is 0 Å².